The molecule has 0 aromatic heterocycles. The van der Waals surface area contributed by atoms with Crippen LogP contribution in [0.3, 0.4) is 0 Å². The smallest absolute Gasteiger partial charge is 0.355 e. The lowest BCUT2D eigenvalue weighted by atomic mass is 10.2. The van der Waals surface area contributed by atoms with Crippen LogP contribution in [0.2, 0.25) is 0 Å². The van der Waals surface area contributed by atoms with Crippen LogP contribution in [0.1, 0.15) is 25.0 Å². The number of benzene rings is 2. The van der Waals surface area contributed by atoms with Crippen molar-refractivity contribution in [3.63, 3.8) is 0 Å². The molecule has 0 aliphatic carbocycles. The fourth-order valence-corrected chi connectivity index (χ4v) is 2.25. The van der Waals surface area contributed by atoms with Gasteiger partial charge < -0.3 is 15.4 Å². The molecule has 2 amide bonds. The molecule has 0 saturated heterocycles. The van der Waals surface area contributed by atoms with Gasteiger partial charge in [-0.15, -0.1) is 0 Å². The Kier molecular flexibility index (Phi) is 7.06. The van der Waals surface area contributed by atoms with Crippen molar-refractivity contribution in [3.8, 4) is 6.07 Å². The van der Waals surface area contributed by atoms with Gasteiger partial charge in [0.05, 0.1) is 11.3 Å². The van der Waals surface area contributed by atoms with Crippen molar-refractivity contribution >= 4 is 29.5 Å². The van der Waals surface area contributed by atoms with Gasteiger partial charge >= 0.3 is 5.97 Å². The minimum absolute atomic E-state index is 0.0872. The number of hydrogen-bond donors (Lipinski definition) is 2. The number of esters is 1. The van der Waals surface area contributed by atoms with Gasteiger partial charge in [-0.2, -0.15) is 5.26 Å². The molecular formula is C21H19N3O4. The number of carbonyl (C=O) groups excluding carboxylic acids is 3. The standard InChI is InChI=1S/C21H19N3O4/c1-14(20(26)24-18-11-7-6-10-17(18)13-22)28-21(27)19(23-15(2)25)12-16-8-4-3-5-9-16/h3-12,14H,1-2H3,(H,23,25)(H,24,26)/b19-12-/t14-/m0/s1. The molecule has 0 radical (unpaired) electrons. The van der Waals surface area contributed by atoms with Crippen molar-refractivity contribution in [3.05, 3.63) is 71.4 Å². The topological polar surface area (TPSA) is 108 Å². The summed E-state index contributed by atoms with van der Waals surface area (Å²) in [6.07, 6.45) is 0.312. The van der Waals surface area contributed by atoms with Crippen LogP contribution in [-0.2, 0) is 19.1 Å². The maximum atomic E-state index is 12.4. The third-order valence-electron chi connectivity index (χ3n) is 3.60. The number of nitrogens with zero attached hydrogens (tertiary/aromatic N) is 1. The Labute approximate surface area is 162 Å². The molecule has 7 nitrogen and oxygen atoms in total. The van der Waals surface area contributed by atoms with Gasteiger partial charge in [0.1, 0.15) is 11.8 Å². The summed E-state index contributed by atoms with van der Waals surface area (Å²) in [6.45, 7) is 2.66. The highest BCUT2D eigenvalue weighted by molar-refractivity contribution is 6.01. The molecule has 2 rings (SSSR count). The zero-order chi connectivity index (χ0) is 20.5. The van der Waals surface area contributed by atoms with Gasteiger partial charge in [0, 0.05) is 6.92 Å². The average molecular weight is 377 g/mol. The number of carbonyl (C=O) groups is 3. The molecule has 0 saturated carbocycles. The minimum atomic E-state index is -1.15. The van der Waals surface area contributed by atoms with Gasteiger partial charge in [0.15, 0.2) is 6.10 Å². The van der Waals surface area contributed by atoms with Crippen LogP contribution >= 0.6 is 0 Å². The second-order valence-electron chi connectivity index (χ2n) is 5.84. The van der Waals surface area contributed by atoms with E-state index in [9.17, 15) is 14.4 Å². The molecule has 0 spiro atoms. The van der Waals surface area contributed by atoms with Crippen LogP contribution < -0.4 is 10.6 Å². The number of hydrogen-bond acceptors (Lipinski definition) is 5. The number of amides is 2. The molecule has 28 heavy (non-hydrogen) atoms. The van der Waals surface area contributed by atoms with Gasteiger partial charge in [0.25, 0.3) is 5.91 Å². The van der Waals surface area contributed by atoms with Crippen molar-refractivity contribution < 1.29 is 19.1 Å². The van der Waals surface area contributed by atoms with Crippen molar-refractivity contribution in [2.75, 3.05) is 5.32 Å². The fraction of sp³-hybridized carbons (Fsp3) is 0.143. The molecule has 0 aliphatic heterocycles. The maximum absolute atomic E-state index is 12.4. The average Bonchev–Trinajstić information content (AvgIpc) is 2.68. The van der Waals surface area contributed by atoms with E-state index in [0.717, 1.165) is 0 Å². The summed E-state index contributed by atoms with van der Waals surface area (Å²) >= 11 is 0. The van der Waals surface area contributed by atoms with Crippen molar-refractivity contribution in [1.29, 1.82) is 5.26 Å². The van der Waals surface area contributed by atoms with Crippen LogP contribution in [0.25, 0.3) is 6.08 Å². The first-order chi connectivity index (χ1) is 13.4. The van der Waals surface area contributed by atoms with Crippen LogP contribution in [0.5, 0.6) is 0 Å². The first-order valence-corrected chi connectivity index (χ1v) is 8.46. The van der Waals surface area contributed by atoms with E-state index in [1.165, 1.54) is 19.9 Å². The number of anilines is 1. The van der Waals surface area contributed by atoms with Gasteiger partial charge in [-0.05, 0) is 30.7 Å². The van der Waals surface area contributed by atoms with Crippen molar-refractivity contribution in [1.82, 2.24) is 5.32 Å². The molecule has 2 N–H and O–H groups in total. The van der Waals surface area contributed by atoms with Crippen LogP contribution in [-0.4, -0.2) is 23.9 Å². The van der Waals surface area contributed by atoms with Gasteiger partial charge in [0.2, 0.25) is 5.91 Å². The Morgan fingerprint density at radius 1 is 1.07 bits per heavy atom. The van der Waals surface area contributed by atoms with E-state index in [1.54, 1.807) is 48.5 Å². The number of para-hydroxylation sites is 1. The predicted octanol–water partition coefficient (Wildman–Crippen LogP) is 2.61. The number of ether oxygens (including phenoxy) is 1. The maximum Gasteiger partial charge on any atom is 0.355 e. The Bertz CT molecular complexity index is 946. The van der Waals surface area contributed by atoms with Crippen LogP contribution in [0.15, 0.2) is 60.3 Å². The van der Waals surface area contributed by atoms with E-state index < -0.39 is 23.9 Å². The molecule has 0 fully saturated rings. The summed E-state index contributed by atoms with van der Waals surface area (Å²) in [5.74, 6) is -1.90. The quantitative estimate of drug-likeness (QED) is 0.594. The fourth-order valence-electron chi connectivity index (χ4n) is 2.25. The molecule has 142 valence electrons. The summed E-state index contributed by atoms with van der Waals surface area (Å²) in [7, 11) is 0. The Morgan fingerprint density at radius 2 is 1.71 bits per heavy atom. The number of rotatable bonds is 6. The normalized spacial score (nSPS) is 11.7. The van der Waals surface area contributed by atoms with Crippen molar-refractivity contribution in [2.45, 2.75) is 20.0 Å². The highest BCUT2D eigenvalue weighted by Crippen LogP contribution is 2.14. The van der Waals surface area contributed by atoms with Crippen LogP contribution in [0.4, 0.5) is 5.69 Å². The molecule has 0 bridgehead atoms. The molecular weight excluding hydrogens is 358 g/mol. The SMILES string of the molecule is CC(=O)N/C(=C\c1ccccc1)C(=O)O[C@@H](C)C(=O)Nc1ccccc1C#N. The molecule has 2 aromatic carbocycles. The lowest BCUT2D eigenvalue weighted by molar-refractivity contribution is -0.149. The molecule has 0 heterocycles. The lowest BCUT2D eigenvalue weighted by Gasteiger charge is -2.15. The summed E-state index contributed by atoms with van der Waals surface area (Å²) in [5.41, 5.74) is 1.20. The third kappa shape index (κ3) is 5.81. The first kappa shape index (κ1) is 20.4. The van der Waals surface area contributed by atoms with E-state index in [0.29, 0.717) is 11.3 Å². The number of nitrogens with one attached hydrogen (secondary N) is 2. The van der Waals surface area contributed by atoms with E-state index in [2.05, 4.69) is 10.6 Å². The second-order valence-corrected chi connectivity index (χ2v) is 5.84. The minimum Gasteiger partial charge on any atom is -0.448 e. The zero-order valence-corrected chi connectivity index (χ0v) is 15.4. The highest BCUT2D eigenvalue weighted by atomic mass is 16.5. The summed E-state index contributed by atoms with van der Waals surface area (Å²) in [4.78, 5) is 36.2. The Balaban J connectivity index is 2.11. The van der Waals surface area contributed by atoms with Crippen molar-refractivity contribution in [2.24, 2.45) is 0 Å². The molecule has 0 aliphatic rings. The zero-order valence-electron chi connectivity index (χ0n) is 15.4. The predicted molar refractivity (Wildman–Crippen MR) is 104 cm³/mol. The van der Waals surface area contributed by atoms with E-state index in [1.807, 2.05) is 12.1 Å². The molecule has 2 aromatic rings. The second kappa shape index (κ2) is 9.69. The monoisotopic (exact) mass is 377 g/mol. The van der Waals surface area contributed by atoms with E-state index >= 15 is 0 Å². The first-order valence-electron chi connectivity index (χ1n) is 8.46. The van der Waals surface area contributed by atoms with E-state index in [4.69, 9.17) is 10.00 Å². The Morgan fingerprint density at radius 3 is 2.36 bits per heavy atom. The van der Waals surface area contributed by atoms with Gasteiger partial charge in [-0.3, -0.25) is 9.59 Å². The molecule has 1 atom stereocenters. The lowest BCUT2D eigenvalue weighted by Crippen LogP contribution is -2.34. The largest absolute Gasteiger partial charge is 0.448 e. The van der Waals surface area contributed by atoms with E-state index in [-0.39, 0.29) is 11.3 Å². The molecule has 0 unspecified atom stereocenters. The van der Waals surface area contributed by atoms with Gasteiger partial charge in [-0.1, -0.05) is 42.5 Å². The summed E-state index contributed by atoms with van der Waals surface area (Å²) in [6, 6.07) is 17.3. The highest BCUT2D eigenvalue weighted by Gasteiger charge is 2.22. The summed E-state index contributed by atoms with van der Waals surface area (Å²) < 4.78 is 5.18. The third-order valence-corrected chi connectivity index (χ3v) is 3.60. The van der Waals surface area contributed by atoms with Gasteiger partial charge in [-0.25, -0.2) is 4.79 Å². The number of nitriles is 1. The van der Waals surface area contributed by atoms with Crippen LogP contribution in [0, 0.1) is 11.3 Å². The Hall–Kier alpha value is -3.92. The summed E-state index contributed by atoms with van der Waals surface area (Å²) in [5, 5.41) is 14.0. The molecule has 7 heteroatoms.